The number of halogens is 1. The molecule has 0 amide bonds. The van der Waals surface area contributed by atoms with Crippen LogP contribution in [0, 0.1) is 0 Å². The molecule has 1 aliphatic rings. The summed E-state index contributed by atoms with van der Waals surface area (Å²) >= 11 is 3.49. The van der Waals surface area contributed by atoms with Gasteiger partial charge in [0.05, 0.1) is 5.52 Å². The van der Waals surface area contributed by atoms with E-state index in [2.05, 4.69) is 47.1 Å². The summed E-state index contributed by atoms with van der Waals surface area (Å²) in [6, 6.07) is 10.6. The van der Waals surface area contributed by atoms with Gasteiger partial charge in [-0.1, -0.05) is 28.9 Å². The standard InChI is InChI=1S/C15H16BrNO/c1-15(6-8-18-9-7-15)14-5-2-11-10-12(16)3-4-13(11)17-14/h2-5,10H,6-9H2,1H3. The molecule has 94 valence electrons. The molecule has 0 saturated carbocycles. The fourth-order valence-corrected chi connectivity index (χ4v) is 2.89. The van der Waals surface area contributed by atoms with Crippen molar-refractivity contribution in [1.29, 1.82) is 0 Å². The van der Waals surface area contributed by atoms with Crippen molar-refractivity contribution in [2.45, 2.75) is 25.2 Å². The normalized spacial score (nSPS) is 19.0. The summed E-state index contributed by atoms with van der Waals surface area (Å²) in [4.78, 5) is 4.84. The van der Waals surface area contributed by atoms with Crippen LogP contribution < -0.4 is 0 Å². The number of hydrogen-bond acceptors (Lipinski definition) is 2. The van der Waals surface area contributed by atoms with Crippen molar-refractivity contribution in [2.24, 2.45) is 0 Å². The molecule has 18 heavy (non-hydrogen) atoms. The highest BCUT2D eigenvalue weighted by molar-refractivity contribution is 9.10. The number of benzene rings is 1. The number of ether oxygens (including phenoxy) is 1. The predicted octanol–water partition coefficient (Wildman–Crippen LogP) is 4.07. The van der Waals surface area contributed by atoms with Gasteiger partial charge in [0, 0.05) is 34.2 Å². The zero-order chi connectivity index (χ0) is 12.6. The van der Waals surface area contributed by atoms with Crippen LogP contribution in [0.3, 0.4) is 0 Å². The molecule has 1 fully saturated rings. The van der Waals surface area contributed by atoms with Crippen LogP contribution in [0.25, 0.3) is 10.9 Å². The molecule has 0 radical (unpaired) electrons. The van der Waals surface area contributed by atoms with Crippen molar-refractivity contribution >= 4 is 26.8 Å². The van der Waals surface area contributed by atoms with Crippen LogP contribution in [-0.4, -0.2) is 18.2 Å². The van der Waals surface area contributed by atoms with Crippen LogP contribution in [0.4, 0.5) is 0 Å². The number of rotatable bonds is 1. The van der Waals surface area contributed by atoms with Gasteiger partial charge in [0.1, 0.15) is 0 Å². The van der Waals surface area contributed by atoms with Crippen LogP contribution in [-0.2, 0) is 10.2 Å². The van der Waals surface area contributed by atoms with Crippen LogP contribution in [0.1, 0.15) is 25.5 Å². The molecule has 1 aromatic carbocycles. The number of fused-ring (bicyclic) bond motifs is 1. The Bertz CT molecular complexity index is 576. The maximum absolute atomic E-state index is 5.46. The summed E-state index contributed by atoms with van der Waals surface area (Å²) in [6.45, 7) is 3.98. The number of nitrogens with zero attached hydrogens (tertiary/aromatic N) is 1. The number of aromatic nitrogens is 1. The fourth-order valence-electron chi connectivity index (χ4n) is 2.51. The van der Waals surface area contributed by atoms with Crippen molar-refractivity contribution in [3.05, 3.63) is 40.5 Å². The highest BCUT2D eigenvalue weighted by Crippen LogP contribution is 2.34. The topological polar surface area (TPSA) is 22.1 Å². The van der Waals surface area contributed by atoms with E-state index >= 15 is 0 Å². The quantitative estimate of drug-likeness (QED) is 0.792. The van der Waals surface area contributed by atoms with Gasteiger partial charge in [-0.3, -0.25) is 4.98 Å². The van der Waals surface area contributed by atoms with Gasteiger partial charge in [-0.2, -0.15) is 0 Å². The molecular weight excluding hydrogens is 290 g/mol. The summed E-state index contributed by atoms with van der Waals surface area (Å²) in [6.07, 6.45) is 2.12. The lowest BCUT2D eigenvalue weighted by Gasteiger charge is -2.33. The number of pyridine rings is 1. The molecule has 3 heteroatoms. The van der Waals surface area contributed by atoms with E-state index in [1.807, 2.05) is 6.07 Å². The second-order valence-corrected chi connectivity index (χ2v) is 6.12. The van der Waals surface area contributed by atoms with Crippen molar-refractivity contribution in [3.8, 4) is 0 Å². The van der Waals surface area contributed by atoms with E-state index < -0.39 is 0 Å². The molecule has 0 spiro atoms. The van der Waals surface area contributed by atoms with E-state index in [0.29, 0.717) is 0 Å². The lowest BCUT2D eigenvalue weighted by Crippen LogP contribution is -2.31. The monoisotopic (exact) mass is 305 g/mol. The van der Waals surface area contributed by atoms with Crippen LogP contribution in [0.2, 0.25) is 0 Å². The molecule has 1 aliphatic heterocycles. The first-order valence-corrected chi connectivity index (χ1v) is 7.11. The molecule has 1 aromatic heterocycles. The summed E-state index contributed by atoms with van der Waals surface area (Å²) in [5.41, 5.74) is 2.43. The molecule has 2 nitrogen and oxygen atoms in total. The van der Waals surface area contributed by atoms with Crippen LogP contribution >= 0.6 is 15.9 Å². The van der Waals surface area contributed by atoms with Crippen molar-refractivity contribution in [1.82, 2.24) is 4.98 Å². The zero-order valence-corrected chi connectivity index (χ0v) is 12.0. The Morgan fingerprint density at radius 1 is 1.17 bits per heavy atom. The van der Waals surface area contributed by atoms with Gasteiger partial charge in [0.15, 0.2) is 0 Å². The minimum atomic E-state index is 0.166. The average Bonchev–Trinajstić information content (AvgIpc) is 2.39. The first-order chi connectivity index (χ1) is 8.67. The first-order valence-electron chi connectivity index (χ1n) is 6.32. The second-order valence-electron chi connectivity index (χ2n) is 5.21. The molecule has 0 atom stereocenters. The van der Waals surface area contributed by atoms with Gasteiger partial charge in [0.25, 0.3) is 0 Å². The van der Waals surface area contributed by atoms with Crippen molar-refractivity contribution in [3.63, 3.8) is 0 Å². The van der Waals surface area contributed by atoms with Crippen molar-refractivity contribution in [2.75, 3.05) is 13.2 Å². The SMILES string of the molecule is CC1(c2ccc3cc(Br)ccc3n2)CCOCC1. The van der Waals surface area contributed by atoms with E-state index in [1.54, 1.807) is 0 Å². The third-order valence-corrected chi connectivity index (χ3v) is 4.36. The molecule has 3 rings (SSSR count). The maximum Gasteiger partial charge on any atom is 0.0706 e. The van der Waals surface area contributed by atoms with Crippen LogP contribution in [0.5, 0.6) is 0 Å². The molecule has 0 aliphatic carbocycles. The Morgan fingerprint density at radius 2 is 1.94 bits per heavy atom. The van der Waals surface area contributed by atoms with E-state index in [1.165, 1.54) is 11.1 Å². The van der Waals surface area contributed by atoms with E-state index in [4.69, 9.17) is 9.72 Å². The van der Waals surface area contributed by atoms with E-state index in [9.17, 15) is 0 Å². The summed E-state index contributed by atoms with van der Waals surface area (Å²) in [5, 5.41) is 1.18. The molecule has 0 N–H and O–H groups in total. The van der Waals surface area contributed by atoms with E-state index in [-0.39, 0.29) is 5.41 Å². The third kappa shape index (κ3) is 2.17. The highest BCUT2D eigenvalue weighted by atomic mass is 79.9. The number of hydrogen-bond donors (Lipinski definition) is 0. The Kier molecular flexibility index (Phi) is 3.12. The minimum Gasteiger partial charge on any atom is -0.381 e. The zero-order valence-electron chi connectivity index (χ0n) is 10.4. The fraction of sp³-hybridized carbons (Fsp3) is 0.400. The third-order valence-electron chi connectivity index (χ3n) is 3.87. The first kappa shape index (κ1) is 12.1. The summed E-state index contributed by atoms with van der Waals surface area (Å²) in [5.74, 6) is 0. The predicted molar refractivity (Wildman–Crippen MR) is 76.8 cm³/mol. The van der Waals surface area contributed by atoms with Gasteiger partial charge in [-0.05, 0) is 37.1 Å². The Labute approximate surface area is 115 Å². The smallest absolute Gasteiger partial charge is 0.0706 e. The minimum absolute atomic E-state index is 0.166. The molecule has 1 saturated heterocycles. The average molecular weight is 306 g/mol. The molecular formula is C15H16BrNO. The lowest BCUT2D eigenvalue weighted by atomic mass is 9.79. The summed E-state index contributed by atoms with van der Waals surface area (Å²) < 4.78 is 6.55. The Hall–Kier alpha value is -0.930. The Balaban J connectivity index is 2.05. The van der Waals surface area contributed by atoms with Gasteiger partial charge in [0.2, 0.25) is 0 Å². The lowest BCUT2D eigenvalue weighted by molar-refractivity contribution is 0.0551. The van der Waals surface area contributed by atoms with Gasteiger partial charge in [-0.25, -0.2) is 0 Å². The second kappa shape index (κ2) is 4.63. The van der Waals surface area contributed by atoms with E-state index in [0.717, 1.165) is 36.0 Å². The van der Waals surface area contributed by atoms with Crippen molar-refractivity contribution < 1.29 is 4.74 Å². The molecule has 0 unspecified atom stereocenters. The largest absolute Gasteiger partial charge is 0.381 e. The molecule has 2 heterocycles. The maximum atomic E-state index is 5.46. The van der Waals surface area contributed by atoms with Gasteiger partial charge < -0.3 is 4.74 Å². The van der Waals surface area contributed by atoms with Crippen LogP contribution in [0.15, 0.2) is 34.8 Å². The van der Waals surface area contributed by atoms with Gasteiger partial charge >= 0.3 is 0 Å². The molecule has 0 bridgehead atoms. The highest BCUT2D eigenvalue weighted by Gasteiger charge is 2.30. The van der Waals surface area contributed by atoms with Gasteiger partial charge in [-0.15, -0.1) is 0 Å². The summed E-state index contributed by atoms with van der Waals surface area (Å²) in [7, 11) is 0. The molecule has 2 aromatic rings. The Morgan fingerprint density at radius 3 is 2.72 bits per heavy atom.